The first-order valence-electron chi connectivity index (χ1n) is 3.91. The summed E-state index contributed by atoms with van der Waals surface area (Å²) in [5.74, 6) is 0. The van der Waals surface area contributed by atoms with Crippen LogP contribution >= 0.6 is 23.5 Å². The molecule has 1 aromatic carbocycles. The molecule has 0 fully saturated rings. The van der Waals surface area contributed by atoms with Crippen molar-refractivity contribution in [2.24, 2.45) is 9.54 Å². The smallest absolute Gasteiger partial charge is 0.210 e. The summed E-state index contributed by atoms with van der Waals surface area (Å²) >= 11 is 2.51. The molecule has 0 bridgehead atoms. The molecule has 4 nitrogen and oxygen atoms in total. The van der Waals surface area contributed by atoms with Crippen LogP contribution in [-0.4, -0.2) is 19.0 Å². The summed E-state index contributed by atoms with van der Waals surface area (Å²) in [6, 6.07) is 9.38. The third kappa shape index (κ3) is 5.22. The number of rotatable bonds is 2. The number of hydrogen-bond acceptors (Lipinski definition) is 4. The standard InChI is InChI=1S/C8H10N2O2S3/c1-13-8(10-15(9,11)12)14-7-5-3-2-4-6-7/h2-6H,1H3,(H2,9,11,12)/b10-8+. The first-order chi connectivity index (χ1) is 7.01. The highest BCUT2D eigenvalue weighted by atomic mass is 32.2. The van der Waals surface area contributed by atoms with E-state index in [2.05, 4.69) is 4.40 Å². The first kappa shape index (κ1) is 12.6. The van der Waals surface area contributed by atoms with E-state index in [1.165, 1.54) is 23.5 Å². The summed E-state index contributed by atoms with van der Waals surface area (Å²) in [4.78, 5) is 0.925. The highest BCUT2D eigenvalue weighted by Crippen LogP contribution is 2.24. The van der Waals surface area contributed by atoms with E-state index in [-0.39, 0.29) is 0 Å². The van der Waals surface area contributed by atoms with Crippen molar-refractivity contribution < 1.29 is 8.42 Å². The van der Waals surface area contributed by atoms with Crippen molar-refractivity contribution in [3.05, 3.63) is 30.3 Å². The zero-order valence-corrected chi connectivity index (χ0v) is 10.4. The predicted molar refractivity (Wildman–Crippen MR) is 66.4 cm³/mol. The monoisotopic (exact) mass is 262 g/mol. The van der Waals surface area contributed by atoms with E-state index in [9.17, 15) is 8.42 Å². The highest BCUT2D eigenvalue weighted by Gasteiger charge is 2.05. The Balaban J connectivity index is 2.84. The molecule has 0 unspecified atom stereocenters. The Bertz CT molecular complexity index is 442. The Morgan fingerprint density at radius 3 is 2.40 bits per heavy atom. The Hall–Kier alpha value is -0.500. The van der Waals surface area contributed by atoms with Gasteiger partial charge in [-0.2, -0.15) is 8.42 Å². The molecule has 0 aliphatic carbocycles. The van der Waals surface area contributed by atoms with Gasteiger partial charge >= 0.3 is 10.2 Å². The van der Waals surface area contributed by atoms with Gasteiger partial charge in [0.15, 0.2) is 0 Å². The van der Waals surface area contributed by atoms with Crippen LogP contribution in [0.15, 0.2) is 39.6 Å². The highest BCUT2D eigenvalue weighted by molar-refractivity contribution is 8.39. The molecule has 0 radical (unpaired) electrons. The second kappa shape index (κ2) is 5.55. The van der Waals surface area contributed by atoms with Crippen molar-refractivity contribution in [3.8, 4) is 0 Å². The van der Waals surface area contributed by atoms with Crippen LogP contribution in [0.3, 0.4) is 0 Å². The topological polar surface area (TPSA) is 72.5 Å². The molecule has 0 aliphatic rings. The quantitative estimate of drug-likeness (QED) is 0.500. The Kier molecular flexibility index (Phi) is 4.65. The summed E-state index contributed by atoms with van der Waals surface area (Å²) in [5, 5.41) is 4.82. The maximum absolute atomic E-state index is 10.8. The number of hydrogen-bond donors (Lipinski definition) is 1. The third-order valence-electron chi connectivity index (χ3n) is 1.32. The Morgan fingerprint density at radius 2 is 1.93 bits per heavy atom. The lowest BCUT2D eigenvalue weighted by molar-refractivity contribution is 0.600. The van der Waals surface area contributed by atoms with Crippen molar-refractivity contribution >= 4 is 38.1 Å². The van der Waals surface area contributed by atoms with Gasteiger partial charge in [0.2, 0.25) is 0 Å². The first-order valence-corrected chi connectivity index (χ1v) is 7.45. The summed E-state index contributed by atoms with van der Waals surface area (Å²) < 4.78 is 25.3. The van der Waals surface area contributed by atoms with Gasteiger partial charge in [0.05, 0.1) is 0 Å². The molecular weight excluding hydrogens is 252 g/mol. The summed E-state index contributed by atoms with van der Waals surface area (Å²) in [6.07, 6.45) is 1.75. The van der Waals surface area contributed by atoms with Crippen LogP contribution in [0.4, 0.5) is 0 Å². The van der Waals surface area contributed by atoms with E-state index < -0.39 is 10.2 Å². The SMILES string of the molecule is CS/C(=N\S(N)(=O)=O)Sc1ccccc1. The molecule has 0 atom stereocenters. The molecule has 1 aromatic rings. The fraction of sp³-hybridized carbons (Fsp3) is 0.125. The lowest BCUT2D eigenvalue weighted by atomic mass is 10.4. The Labute approximate surface area is 97.5 Å². The van der Waals surface area contributed by atoms with Gasteiger partial charge in [0, 0.05) is 4.90 Å². The maximum Gasteiger partial charge on any atom is 0.318 e. The second-order valence-corrected chi connectivity index (χ2v) is 5.82. The van der Waals surface area contributed by atoms with Crippen molar-refractivity contribution in [1.82, 2.24) is 0 Å². The van der Waals surface area contributed by atoms with Crippen molar-refractivity contribution in [3.63, 3.8) is 0 Å². The zero-order chi connectivity index (χ0) is 11.3. The molecule has 0 spiro atoms. The number of nitrogens with zero attached hydrogens (tertiary/aromatic N) is 1. The molecule has 0 amide bonds. The molecule has 15 heavy (non-hydrogen) atoms. The number of nitrogens with two attached hydrogens (primary N) is 1. The largest absolute Gasteiger partial charge is 0.318 e. The lowest BCUT2D eigenvalue weighted by Crippen LogP contribution is -2.09. The van der Waals surface area contributed by atoms with Crippen molar-refractivity contribution in [2.75, 3.05) is 6.26 Å². The number of thioether (sulfide) groups is 2. The van der Waals surface area contributed by atoms with Gasteiger partial charge in [-0.1, -0.05) is 30.0 Å². The van der Waals surface area contributed by atoms with Crippen LogP contribution in [0.1, 0.15) is 0 Å². The fourth-order valence-electron chi connectivity index (χ4n) is 0.791. The summed E-state index contributed by atoms with van der Waals surface area (Å²) in [6.45, 7) is 0. The molecule has 0 saturated heterocycles. The molecular formula is C8H10N2O2S3. The van der Waals surface area contributed by atoms with Crippen LogP contribution in [0.5, 0.6) is 0 Å². The molecule has 2 N–H and O–H groups in total. The molecule has 1 rings (SSSR count). The van der Waals surface area contributed by atoms with Crippen LogP contribution in [-0.2, 0) is 10.2 Å². The minimum absolute atomic E-state index is 0.406. The van der Waals surface area contributed by atoms with Gasteiger partial charge in [0.1, 0.15) is 4.38 Å². The van der Waals surface area contributed by atoms with E-state index in [4.69, 9.17) is 5.14 Å². The fourth-order valence-corrected chi connectivity index (χ4v) is 3.19. The van der Waals surface area contributed by atoms with E-state index in [1.807, 2.05) is 30.3 Å². The van der Waals surface area contributed by atoms with Gasteiger partial charge in [-0.3, -0.25) is 0 Å². The molecule has 0 heterocycles. The van der Waals surface area contributed by atoms with Crippen LogP contribution in [0.2, 0.25) is 0 Å². The van der Waals surface area contributed by atoms with Crippen LogP contribution in [0, 0.1) is 0 Å². The molecule has 0 saturated carbocycles. The number of benzene rings is 1. The van der Waals surface area contributed by atoms with Crippen LogP contribution in [0.25, 0.3) is 0 Å². The summed E-state index contributed by atoms with van der Waals surface area (Å²) in [5.41, 5.74) is 0. The molecule has 0 aliphatic heterocycles. The third-order valence-corrected chi connectivity index (χ3v) is 3.96. The second-order valence-electron chi connectivity index (χ2n) is 2.49. The van der Waals surface area contributed by atoms with Gasteiger partial charge in [-0.05, 0) is 18.4 Å². The van der Waals surface area contributed by atoms with Gasteiger partial charge < -0.3 is 0 Å². The van der Waals surface area contributed by atoms with Crippen molar-refractivity contribution in [2.45, 2.75) is 4.90 Å². The molecule has 7 heteroatoms. The predicted octanol–water partition coefficient (Wildman–Crippen LogP) is 1.70. The van der Waals surface area contributed by atoms with E-state index in [1.54, 1.807) is 6.26 Å². The lowest BCUT2D eigenvalue weighted by Gasteiger charge is -2.01. The van der Waals surface area contributed by atoms with Gasteiger partial charge in [0.25, 0.3) is 0 Å². The average Bonchev–Trinajstić information content (AvgIpc) is 2.16. The average molecular weight is 262 g/mol. The Morgan fingerprint density at radius 1 is 1.33 bits per heavy atom. The van der Waals surface area contributed by atoms with E-state index >= 15 is 0 Å². The van der Waals surface area contributed by atoms with Gasteiger partial charge in [-0.15, -0.1) is 16.2 Å². The van der Waals surface area contributed by atoms with E-state index in [0.717, 1.165) is 4.90 Å². The van der Waals surface area contributed by atoms with E-state index in [0.29, 0.717) is 4.38 Å². The summed E-state index contributed by atoms with van der Waals surface area (Å²) in [7, 11) is -3.81. The van der Waals surface area contributed by atoms with Crippen LogP contribution < -0.4 is 5.14 Å². The minimum atomic E-state index is -3.81. The molecule has 82 valence electrons. The minimum Gasteiger partial charge on any atom is -0.210 e. The molecule has 0 aromatic heterocycles. The zero-order valence-electron chi connectivity index (χ0n) is 7.95. The van der Waals surface area contributed by atoms with Gasteiger partial charge in [-0.25, -0.2) is 5.14 Å². The van der Waals surface area contributed by atoms with Crippen molar-refractivity contribution in [1.29, 1.82) is 0 Å². The normalized spacial score (nSPS) is 12.8. The maximum atomic E-state index is 10.8.